The number of halogens is 2. The topological polar surface area (TPSA) is 32.9 Å². The van der Waals surface area contributed by atoms with Gasteiger partial charge in [0.05, 0.1) is 0 Å². The molecule has 0 saturated carbocycles. The smallest absolute Gasteiger partial charge is 0.195 e. The number of rotatable bonds is 2. The Labute approximate surface area is 114 Å². The molecule has 1 heterocycles. The van der Waals surface area contributed by atoms with Gasteiger partial charge in [-0.15, -0.1) is 0 Å². The molecular weight excluding hydrogens is 260 g/mol. The van der Waals surface area contributed by atoms with Crippen molar-refractivity contribution in [2.75, 3.05) is 0 Å². The normalized spacial score (nSPS) is 10.9. The van der Waals surface area contributed by atoms with E-state index in [1.165, 1.54) is 0 Å². The van der Waals surface area contributed by atoms with Gasteiger partial charge in [0.25, 0.3) is 0 Å². The fraction of sp³-hybridized carbons (Fsp3) is 0.0625. The van der Waals surface area contributed by atoms with Crippen molar-refractivity contribution in [3.05, 3.63) is 70.9 Å². The average Bonchev–Trinajstić information content (AvgIpc) is 2.79. The number of H-pyrrole nitrogens is 1. The quantitative estimate of drug-likeness (QED) is 0.702. The molecular formula is C16H11F2NO. The molecule has 0 aliphatic heterocycles. The maximum Gasteiger partial charge on any atom is 0.195 e. The van der Waals surface area contributed by atoms with Crippen molar-refractivity contribution in [1.29, 1.82) is 0 Å². The summed E-state index contributed by atoms with van der Waals surface area (Å²) in [5, 5.41) is 0.741. The summed E-state index contributed by atoms with van der Waals surface area (Å²) in [6.45, 7) is 1.95. The van der Waals surface area contributed by atoms with Crippen LogP contribution in [0.4, 0.5) is 8.78 Å². The number of carbonyl (C=O) groups is 1. The van der Waals surface area contributed by atoms with Crippen LogP contribution in [0.3, 0.4) is 0 Å². The van der Waals surface area contributed by atoms with Gasteiger partial charge in [0.1, 0.15) is 11.6 Å². The molecule has 0 unspecified atom stereocenters. The number of aryl methyl sites for hydroxylation is 1. The predicted molar refractivity (Wildman–Crippen MR) is 72.8 cm³/mol. The summed E-state index contributed by atoms with van der Waals surface area (Å²) < 4.78 is 26.4. The van der Waals surface area contributed by atoms with E-state index in [4.69, 9.17) is 0 Å². The summed E-state index contributed by atoms with van der Waals surface area (Å²) in [4.78, 5) is 15.4. The van der Waals surface area contributed by atoms with Gasteiger partial charge in [-0.1, -0.05) is 12.1 Å². The minimum absolute atomic E-state index is 0.00368. The Hall–Kier alpha value is -2.49. The minimum atomic E-state index is -0.760. The lowest BCUT2D eigenvalue weighted by molar-refractivity contribution is 0.103. The van der Waals surface area contributed by atoms with Gasteiger partial charge in [0, 0.05) is 34.3 Å². The number of hydrogen-bond acceptors (Lipinski definition) is 1. The second-order valence-corrected chi connectivity index (χ2v) is 4.74. The number of aromatic amines is 1. The van der Waals surface area contributed by atoms with E-state index < -0.39 is 17.4 Å². The second-order valence-electron chi connectivity index (χ2n) is 4.74. The molecule has 0 atom stereocenters. The number of aromatic nitrogens is 1. The molecule has 20 heavy (non-hydrogen) atoms. The van der Waals surface area contributed by atoms with Gasteiger partial charge < -0.3 is 4.98 Å². The van der Waals surface area contributed by atoms with E-state index in [0.717, 1.165) is 34.7 Å². The largest absolute Gasteiger partial charge is 0.360 e. The van der Waals surface area contributed by atoms with Crippen LogP contribution in [0.15, 0.2) is 42.6 Å². The van der Waals surface area contributed by atoms with Crippen LogP contribution in [-0.2, 0) is 0 Å². The summed E-state index contributed by atoms with van der Waals surface area (Å²) >= 11 is 0. The fourth-order valence-electron chi connectivity index (χ4n) is 2.27. The van der Waals surface area contributed by atoms with Crippen LogP contribution in [0, 0.1) is 18.6 Å². The van der Waals surface area contributed by atoms with E-state index in [1.807, 2.05) is 25.1 Å². The van der Waals surface area contributed by atoms with Crippen molar-refractivity contribution in [2.45, 2.75) is 6.92 Å². The molecule has 0 radical (unpaired) electrons. The van der Waals surface area contributed by atoms with Gasteiger partial charge in [-0.05, 0) is 30.7 Å². The Kier molecular flexibility index (Phi) is 2.86. The first-order valence-corrected chi connectivity index (χ1v) is 6.13. The second kappa shape index (κ2) is 4.56. The number of nitrogens with one attached hydrogen (secondary N) is 1. The van der Waals surface area contributed by atoms with E-state index in [2.05, 4.69) is 4.98 Å². The predicted octanol–water partition coefficient (Wildman–Crippen LogP) is 3.99. The Morgan fingerprint density at radius 3 is 2.45 bits per heavy atom. The molecule has 100 valence electrons. The molecule has 0 spiro atoms. The van der Waals surface area contributed by atoms with Gasteiger partial charge >= 0.3 is 0 Å². The Bertz CT molecular complexity index is 800. The molecule has 2 nitrogen and oxygen atoms in total. The van der Waals surface area contributed by atoms with Crippen LogP contribution in [-0.4, -0.2) is 10.8 Å². The highest BCUT2D eigenvalue weighted by molar-refractivity contribution is 6.16. The number of hydrogen-bond donors (Lipinski definition) is 1. The molecule has 0 bridgehead atoms. The molecule has 1 N–H and O–H groups in total. The van der Waals surface area contributed by atoms with Crippen LogP contribution in [0.25, 0.3) is 10.9 Å². The van der Waals surface area contributed by atoms with E-state index in [9.17, 15) is 13.6 Å². The van der Waals surface area contributed by atoms with Crippen LogP contribution in [0.5, 0.6) is 0 Å². The summed E-state index contributed by atoms with van der Waals surface area (Å²) in [5.74, 6) is -1.92. The van der Waals surface area contributed by atoms with Gasteiger partial charge in [-0.3, -0.25) is 4.79 Å². The molecule has 1 aromatic heterocycles. The summed E-state index contributed by atoms with van der Waals surface area (Å²) in [5.41, 5.74) is 2.30. The van der Waals surface area contributed by atoms with Crippen molar-refractivity contribution in [1.82, 2.24) is 4.98 Å². The lowest BCUT2D eigenvalue weighted by atomic mass is 10.0. The van der Waals surface area contributed by atoms with E-state index in [0.29, 0.717) is 5.56 Å². The Morgan fingerprint density at radius 2 is 1.75 bits per heavy atom. The molecule has 3 rings (SSSR count). The number of fused-ring (bicyclic) bond motifs is 1. The highest BCUT2D eigenvalue weighted by atomic mass is 19.1. The molecule has 2 aromatic carbocycles. The molecule has 0 aliphatic rings. The van der Waals surface area contributed by atoms with Crippen LogP contribution in [0.2, 0.25) is 0 Å². The molecule has 0 fully saturated rings. The van der Waals surface area contributed by atoms with Crippen LogP contribution < -0.4 is 0 Å². The van der Waals surface area contributed by atoms with Crippen molar-refractivity contribution in [3.8, 4) is 0 Å². The summed E-state index contributed by atoms with van der Waals surface area (Å²) in [6, 6.07) is 8.45. The molecule has 0 aliphatic carbocycles. The SMILES string of the molecule is Cc1ccc2c(C(=O)c3cc(F)cc(F)c3)c[nH]c2c1. The number of benzene rings is 2. The summed E-state index contributed by atoms with van der Waals surface area (Å²) in [6.07, 6.45) is 1.56. The maximum atomic E-state index is 13.2. The van der Waals surface area contributed by atoms with E-state index in [-0.39, 0.29) is 5.56 Å². The highest BCUT2D eigenvalue weighted by Crippen LogP contribution is 2.23. The minimum Gasteiger partial charge on any atom is -0.360 e. The lowest BCUT2D eigenvalue weighted by Gasteiger charge is -2.01. The standard InChI is InChI=1S/C16H11F2NO/c1-9-2-3-13-14(8-19-15(13)4-9)16(20)10-5-11(17)7-12(18)6-10/h2-8,19H,1H3. The Morgan fingerprint density at radius 1 is 1.05 bits per heavy atom. The van der Waals surface area contributed by atoms with Crippen LogP contribution >= 0.6 is 0 Å². The highest BCUT2D eigenvalue weighted by Gasteiger charge is 2.15. The Balaban J connectivity index is 2.12. The van der Waals surface area contributed by atoms with E-state index >= 15 is 0 Å². The molecule has 0 amide bonds. The molecule has 0 saturated heterocycles. The number of ketones is 1. The zero-order chi connectivity index (χ0) is 14.3. The van der Waals surface area contributed by atoms with Gasteiger partial charge in [0.15, 0.2) is 5.78 Å². The van der Waals surface area contributed by atoms with Crippen molar-refractivity contribution < 1.29 is 13.6 Å². The zero-order valence-electron chi connectivity index (χ0n) is 10.7. The van der Waals surface area contributed by atoms with Crippen molar-refractivity contribution >= 4 is 16.7 Å². The van der Waals surface area contributed by atoms with Gasteiger partial charge in [-0.25, -0.2) is 8.78 Å². The third kappa shape index (κ3) is 2.09. The summed E-state index contributed by atoms with van der Waals surface area (Å²) in [7, 11) is 0. The molecule has 4 heteroatoms. The number of carbonyl (C=O) groups excluding carboxylic acids is 1. The fourth-order valence-corrected chi connectivity index (χ4v) is 2.27. The third-order valence-electron chi connectivity index (χ3n) is 3.21. The van der Waals surface area contributed by atoms with Crippen molar-refractivity contribution in [3.63, 3.8) is 0 Å². The van der Waals surface area contributed by atoms with Crippen LogP contribution in [0.1, 0.15) is 21.5 Å². The van der Waals surface area contributed by atoms with E-state index in [1.54, 1.807) is 6.20 Å². The first-order valence-electron chi connectivity index (χ1n) is 6.13. The lowest BCUT2D eigenvalue weighted by Crippen LogP contribution is -2.02. The van der Waals surface area contributed by atoms with Crippen molar-refractivity contribution in [2.24, 2.45) is 0 Å². The van der Waals surface area contributed by atoms with Gasteiger partial charge in [-0.2, -0.15) is 0 Å². The monoisotopic (exact) mass is 271 g/mol. The zero-order valence-corrected chi connectivity index (χ0v) is 10.7. The molecule has 3 aromatic rings. The van der Waals surface area contributed by atoms with Gasteiger partial charge in [0.2, 0.25) is 0 Å². The average molecular weight is 271 g/mol. The maximum absolute atomic E-state index is 13.2. The first kappa shape index (κ1) is 12.5. The third-order valence-corrected chi connectivity index (χ3v) is 3.21. The first-order chi connectivity index (χ1) is 9.54.